The van der Waals surface area contributed by atoms with Gasteiger partial charge in [0.05, 0.1) is 16.7 Å². The average Bonchev–Trinajstić information content (AvgIpc) is 3.05. The fourth-order valence-corrected chi connectivity index (χ4v) is 3.25. The molecule has 0 amide bonds. The largest absolute Gasteiger partial charge is 0.508 e. The number of phenols is 1. The summed E-state index contributed by atoms with van der Waals surface area (Å²) < 4.78 is 2.60. The minimum Gasteiger partial charge on any atom is -0.508 e. The van der Waals surface area contributed by atoms with Crippen LogP contribution in [-0.4, -0.2) is 19.7 Å². The third-order valence-electron chi connectivity index (χ3n) is 3.89. The van der Waals surface area contributed by atoms with Gasteiger partial charge in [0.25, 0.3) is 0 Å². The number of nitrogens with one attached hydrogen (secondary N) is 1. The first-order valence-electron chi connectivity index (χ1n) is 6.79. The lowest BCUT2D eigenvalue weighted by atomic mass is 10.1. The maximum absolute atomic E-state index is 9.90. The van der Waals surface area contributed by atoms with Gasteiger partial charge in [0, 0.05) is 6.20 Å². The lowest BCUT2D eigenvalue weighted by Crippen LogP contribution is -2.09. The van der Waals surface area contributed by atoms with Crippen LogP contribution in [0.25, 0.3) is 5.65 Å². The number of aromatic nitrogens is 3. The van der Waals surface area contributed by atoms with E-state index in [4.69, 9.17) is 0 Å². The van der Waals surface area contributed by atoms with Crippen LogP contribution >= 0.6 is 15.9 Å². The molecule has 6 heteroatoms. The van der Waals surface area contributed by atoms with E-state index >= 15 is 0 Å². The van der Waals surface area contributed by atoms with E-state index in [9.17, 15) is 5.11 Å². The van der Waals surface area contributed by atoms with Crippen molar-refractivity contribution in [2.45, 2.75) is 18.9 Å². The van der Waals surface area contributed by atoms with Crippen LogP contribution in [0.4, 0.5) is 5.82 Å². The molecule has 0 bridgehead atoms. The molecule has 2 heterocycles. The van der Waals surface area contributed by atoms with Crippen LogP contribution in [0.15, 0.2) is 41.1 Å². The highest BCUT2D eigenvalue weighted by Gasteiger charge is 2.24. The lowest BCUT2D eigenvalue weighted by Gasteiger charge is -2.15. The van der Waals surface area contributed by atoms with Crippen molar-refractivity contribution in [1.82, 2.24) is 14.6 Å². The number of anilines is 1. The zero-order valence-corrected chi connectivity index (χ0v) is 12.7. The van der Waals surface area contributed by atoms with Crippen molar-refractivity contribution in [3.8, 4) is 5.75 Å². The zero-order valence-electron chi connectivity index (χ0n) is 11.1. The van der Waals surface area contributed by atoms with E-state index in [-0.39, 0.29) is 6.04 Å². The molecule has 5 nitrogen and oxygen atoms in total. The molecule has 1 unspecified atom stereocenters. The quantitative estimate of drug-likeness (QED) is 0.748. The third kappa shape index (κ3) is 2.06. The van der Waals surface area contributed by atoms with Crippen molar-refractivity contribution >= 4 is 27.4 Å². The number of halogens is 1. The Labute approximate surface area is 129 Å². The Morgan fingerprint density at radius 1 is 1.33 bits per heavy atom. The SMILES string of the molecule is Oc1cccc2c1CCC2Nc1ccn2ncc(Br)c2n1. The van der Waals surface area contributed by atoms with Gasteiger partial charge >= 0.3 is 0 Å². The zero-order chi connectivity index (χ0) is 14.4. The van der Waals surface area contributed by atoms with E-state index < -0.39 is 0 Å². The molecule has 1 aliphatic carbocycles. The van der Waals surface area contributed by atoms with Crippen molar-refractivity contribution in [3.05, 3.63) is 52.3 Å². The molecule has 0 saturated carbocycles. The topological polar surface area (TPSA) is 62.5 Å². The van der Waals surface area contributed by atoms with Gasteiger partial charge in [-0.3, -0.25) is 0 Å². The number of hydrogen-bond donors (Lipinski definition) is 2. The van der Waals surface area contributed by atoms with Gasteiger partial charge in [-0.2, -0.15) is 5.10 Å². The standard InChI is InChI=1S/C15H13BrN4O/c16-11-8-17-20-7-6-14(19-15(11)20)18-12-5-4-10-9(12)2-1-3-13(10)21/h1-3,6-8,12,21H,4-5H2,(H,18,19). The molecule has 4 rings (SSSR count). The summed E-state index contributed by atoms with van der Waals surface area (Å²) >= 11 is 3.44. The molecule has 0 radical (unpaired) electrons. The van der Waals surface area contributed by atoms with Crippen LogP contribution in [-0.2, 0) is 6.42 Å². The smallest absolute Gasteiger partial charge is 0.171 e. The Morgan fingerprint density at radius 2 is 2.24 bits per heavy atom. The molecule has 0 spiro atoms. The fraction of sp³-hybridized carbons (Fsp3) is 0.200. The summed E-state index contributed by atoms with van der Waals surface area (Å²) in [5, 5.41) is 17.5. The number of fused-ring (bicyclic) bond motifs is 2. The van der Waals surface area contributed by atoms with Gasteiger partial charge in [-0.1, -0.05) is 12.1 Å². The Balaban J connectivity index is 1.67. The molecule has 106 valence electrons. The van der Waals surface area contributed by atoms with E-state index in [0.29, 0.717) is 5.75 Å². The molecule has 0 saturated heterocycles. The fourth-order valence-electron chi connectivity index (χ4n) is 2.88. The van der Waals surface area contributed by atoms with Crippen LogP contribution in [0.1, 0.15) is 23.6 Å². The van der Waals surface area contributed by atoms with Gasteiger partial charge in [-0.15, -0.1) is 0 Å². The van der Waals surface area contributed by atoms with Gasteiger partial charge in [0.2, 0.25) is 0 Å². The van der Waals surface area contributed by atoms with Crippen LogP contribution in [0.3, 0.4) is 0 Å². The van der Waals surface area contributed by atoms with Gasteiger partial charge < -0.3 is 10.4 Å². The number of hydrogen-bond acceptors (Lipinski definition) is 4. The Kier molecular flexibility index (Phi) is 2.85. The summed E-state index contributed by atoms with van der Waals surface area (Å²) in [5.41, 5.74) is 2.99. The number of aromatic hydroxyl groups is 1. The molecule has 1 atom stereocenters. The van der Waals surface area contributed by atoms with Gasteiger partial charge in [0.15, 0.2) is 5.65 Å². The Hall–Kier alpha value is -2.08. The average molecular weight is 345 g/mol. The molecular weight excluding hydrogens is 332 g/mol. The molecule has 1 aliphatic rings. The highest BCUT2D eigenvalue weighted by molar-refractivity contribution is 9.10. The Bertz CT molecular complexity index is 830. The molecule has 3 aromatic rings. The molecule has 21 heavy (non-hydrogen) atoms. The van der Waals surface area contributed by atoms with Crippen LogP contribution in [0.2, 0.25) is 0 Å². The summed E-state index contributed by atoms with van der Waals surface area (Å²) in [4.78, 5) is 4.57. The van der Waals surface area contributed by atoms with E-state index in [2.05, 4.69) is 37.4 Å². The highest BCUT2D eigenvalue weighted by atomic mass is 79.9. The minimum atomic E-state index is 0.184. The first-order chi connectivity index (χ1) is 10.2. The molecule has 1 aromatic carbocycles. The second-order valence-electron chi connectivity index (χ2n) is 5.15. The van der Waals surface area contributed by atoms with Gasteiger partial charge in [-0.05, 0) is 52.0 Å². The second kappa shape index (κ2) is 4.73. The van der Waals surface area contributed by atoms with Crippen LogP contribution in [0.5, 0.6) is 5.75 Å². The van der Waals surface area contributed by atoms with Crippen LogP contribution < -0.4 is 5.32 Å². The third-order valence-corrected chi connectivity index (χ3v) is 4.45. The molecule has 2 aromatic heterocycles. The number of phenolic OH excluding ortho intramolecular Hbond substituents is 1. The van der Waals surface area contributed by atoms with Crippen molar-refractivity contribution in [1.29, 1.82) is 0 Å². The van der Waals surface area contributed by atoms with Crippen molar-refractivity contribution < 1.29 is 5.11 Å². The van der Waals surface area contributed by atoms with Crippen molar-refractivity contribution in [2.75, 3.05) is 5.32 Å². The number of rotatable bonds is 2. The number of nitrogens with zero attached hydrogens (tertiary/aromatic N) is 3. The van der Waals surface area contributed by atoms with Crippen molar-refractivity contribution in [2.24, 2.45) is 0 Å². The second-order valence-corrected chi connectivity index (χ2v) is 6.01. The first-order valence-corrected chi connectivity index (χ1v) is 7.59. The van der Waals surface area contributed by atoms with Crippen LogP contribution in [0, 0.1) is 0 Å². The molecule has 2 N–H and O–H groups in total. The monoisotopic (exact) mass is 344 g/mol. The normalized spacial score (nSPS) is 17.1. The van der Waals surface area contributed by atoms with E-state index in [1.54, 1.807) is 16.8 Å². The maximum Gasteiger partial charge on any atom is 0.171 e. The first kappa shape index (κ1) is 12.6. The summed E-state index contributed by atoms with van der Waals surface area (Å²) in [6.07, 6.45) is 5.46. The summed E-state index contributed by atoms with van der Waals surface area (Å²) in [6.45, 7) is 0. The van der Waals surface area contributed by atoms with Gasteiger partial charge in [-0.25, -0.2) is 9.50 Å². The lowest BCUT2D eigenvalue weighted by molar-refractivity contribution is 0.469. The Morgan fingerprint density at radius 3 is 3.14 bits per heavy atom. The molecule has 0 aliphatic heterocycles. The van der Waals surface area contributed by atoms with E-state index in [1.165, 1.54) is 0 Å². The molecule has 0 fully saturated rings. The summed E-state index contributed by atoms with van der Waals surface area (Å²) in [6, 6.07) is 7.79. The minimum absolute atomic E-state index is 0.184. The van der Waals surface area contributed by atoms with Gasteiger partial charge in [0.1, 0.15) is 11.6 Å². The predicted octanol–water partition coefficient (Wildman–Crippen LogP) is 3.30. The molecular formula is C15H13BrN4O. The highest BCUT2D eigenvalue weighted by Crippen LogP contribution is 2.37. The van der Waals surface area contributed by atoms with E-state index in [1.807, 2.05) is 18.3 Å². The summed E-state index contributed by atoms with van der Waals surface area (Å²) in [5.74, 6) is 1.20. The maximum atomic E-state index is 9.90. The predicted molar refractivity (Wildman–Crippen MR) is 83.5 cm³/mol. The van der Waals surface area contributed by atoms with E-state index in [0.717, 1.165) is 39.9 Å². The van der Waals surface area contributed by atoms with Crippen molar-refractivity contribution in [3.63, 3.8) is 0 Å². The summed E-state index contributed by atoms with van der Waals surface area (Å²) in [7, 11) is 0. The number of benzene rings is 1.